The second-order valence-electron chi connectivity index (χ2n) is 8.74. The van der Waals surface area contributed by atoms with E-state index < -0.39 is 28.5 Å². The molecule has 0 saturated carbocycles. The first-order valence-electron chi connectivity index (χ1n) is 11.0. The molecule has 7 nitrogen and oxygen atoms in total. The standard InChI is InChI=1S/C24H30Cl3N3O4S/c1-15(2)12-28-24(32)17(4)29(13-18-9-10-20(26)21(27)11-18)23(31)14-30(35(5,33)34)22-8-6-7-19(25)16(22)3/h6-11,15,17H,12-14H2,1-5H3,(H,28,32)/t17-/m0/s1. The molecule has 2 aromatic rings. The summed E-state index contributed by atoms with van der Waals surface area (Å²) in [5.74, 6) is -0.693. The summed E-state index contributed by atoms with van der Waals surface area (Å²) in [6.07, 6.45) is 1.02. The Labute approximate surface area is 222 Å². The Kier molecular flexibility index (Phi) is 10.3. The third-order valence-electron chi connectivity index (χ3n) is 5.38. The van der Waals surface area contributed by atoms with Gasteiger partial charge in [-0.05, 0) is 55.2 Å². The Morgan fingerprint density at radius 1 is 1.00 bits per heavy atom. The summed E-state index contributed by atoms with van der Waals surface area (Å²) < 4.78 is 26.3. The summed E-state index contributed by atoms with van der Waals surface area (Å²) in [7, 11) is -3.85. The number of amides is 2. The largest absolute Gasteiger partial charge is 0.354 e. The van der Waals surface area contributed by atoms with Crippen LogP contribution in [0.1, 0.15) is 31.9 Å². The van der Waals surface area contributed by atoms with E-state index in [0.717, 1.165) is 10.6 Å². The number of anilines is 1. The number of halogens is 3. The van der Waals surface area contributed by atoms with Gasteiger partial charge in [0.25, 0.3) is 0 Å². The molecule has 2 amide bonds. The lowest BCUT2D eigenvalue weighted by molar-refractivity contribution is -0.139. The number of hydrogen-bond donors (Lipinski definition) is 1. The van der Waals surface area contributed by atoms with E-state index in [0.29, 0.717) is 38.4 Å². The van der Waals surface area contributed by atoms with Crippen molar-refractivity contribution in [2.75, 3.05) is 23.7 Å². The number of rotatable bonds is 10. The molecular formula is C24H30Cl3N3O4S. The highest BCUT2D eigenvalue weighted by molar-refractivity contribution is 7.92. The molecule has 0 aliphatic heterocycles. The van der Waals surface area contributed by atoms with E-state index in [2.05, 4.69) is 5.32 Å². The fraction of sp³-hybridized carbons (Fsp3) is 0.417. The molecule has 0 aliphatic rings. The predicted molar refractivity (Wildman–Crippen MR) is 143 cm³/mol. The number of carbonyl (C=O) groups is 2. The fourth-order valence-electron chi connectivity index (χ4n) is 3.33. The lowest BCUT2D eigenvalue weighted by atomic mass is 10.1. The lowest BCUT2D eigenvalue weighted by Gasteiger charge is -2.32. The molecule has 2 rings (SSSR count). The van der Waals surface area contributed by atoms with Gasteiger partial charge in [-0.15, -0.1) is 0 Å². The maximum Gasteiger partial charge on any atom is 0.244 e. The molecule has 0 aliphatic carbocycles. The highest BCUT2D eigenvalue weighted by atomic mass is 35.5. The van der Waals surface area contributed by atoms with Gasteiger partial charge < -0.3 is 10.2 Å². The molecule has 0 unspecified atom stereocenters. The highest BCUT2D eigenvalue weighted by Gasteiger charge is 2.31. The molecule has 0 heterocycles. The highest BCUT2D eigenvalue weighted by Crippen LogP contribution is 2.29. The molecule has 11 heteroatoms. The monoisotopic (exact) mass is 561 g/mol. The molecule has 1 N–H and O–H groups in total. The van der Waals surface area contributed by atoms with Gasteiger partial charge in [-0.25, -0.2) is 8.42 Å². The van der Waals surface area contributed by atoms with Crippen LogP contribution in [0.5, 0.6) is 0 Å². The van der Waals surface area contributed by atoms with Gasteiger partial charge in [-0.3, -0.25) is 13.9 Å². The van der Waals surface area contributed by atoms with Crippen molar-refractivity contribution in [1.82, 2.24) is 10.2 Å². The lowest BCUT2D eigenvalue weighted by Crippen LogP contribution is -2.51. The third-order valence-corrected chi connectivity index (χ3v) is 7.65. The summed E-state index contributed by atoms with van der Waals surface area (Å²) in [6.45, 7) is 7.15. The van der Waals surface area contributed by atoms with Crippen LogP contribution in [0.2, 0.25) is 15.1 Å². The molecular weight excluding hydrogens is 533 g/mol. The van der Waals surface area contributed by atoms with Crippen molar-refractivity contribution < 1.29 is 18.0 Å². The van der Waals surface area contributed by atoms with E-state index in [4.69, 9.17) is 34.8 Å². The van der Waals surface area contributed by atoms with Gasteiger partial charge in [-0.1, -0.05) is 60.8 Å². The van der Waals surface area contributed by atoms with Gasteiger partial charge in [-0.2, -0.15) is 0 Å². The van der Waals surface area contributed by atoms with Crippen LogP contribution in [0.3, 0.4) is 0 Å². The molecule has 35 heavy (non-hydrogen) atoms. The molecule has 0 aromatic heterocycles. The zero-order valence-electron chi connectivity index (χ0n) is 20.3. The first-order valence-corrected chi connectivity index (χ1v) is 13.9. The Morgan fingerprint density at radius 2 is 1.66 bits per heavy atom. The van der Waals surface area contributed by atoms with Crippen LogP contribution in [0, 0.1) is 12.8 Å². The van der Waals surface area contributed by atoms with E-state index in [1.165, 1.54) is 4.90 Å². The van der Waals surface area contributed by atoms with Crippen molar-refractivity contribution in [3.05, 3.63) is 62.6 Å². The van der Waals surface area contributed by atoms with E-state index in [1.54, 1.807) is 50.2 Å². The average Bonchev–Trinajstić information content (AvgIpc) is 2.77. The van der Waals surface area contributed by atoms with Gasteiger partial charge in [0.15, 0.2) is 0 Å². The van der Waals surface area contributed by atoms with Crippen molar-refractivity contribution in [1.29, 1.82) is 0 Å². The molecule has 0 radical (unpaired) electrons. The molecule has 0 bridgehead atoms. The van der Waals surface area contributed by atoms with Crippen molar-refractivity contribution in [2.45, 2.75) is 40.3 Å². The summed E-state index contributed by atoms with van der Waals surface area (Å²) in [5, 5.41) is 3.86. The first-order chi connectivity index (χ1) is 16.2. The zero-order valence-corrected chi connectivity index (χ0v) is 23.4. The zero-order chi connectivity index (χ0) is 26.5. The normalized spacial score (nSPS) is 12.4. The van der Waals surface area contributed by atoms with Crippen molar-refractivity contribution in [3.63, 3.8) is 0 Å². The Bertz CT molecular complexity index is 1190. The van der Waals surface area contributed by atoms with Crippen LogP contribution >= 0.6 is 34.8 Å². The maximum atomic E-state index is 13.6. The second-order valence-corrected chi connectivity index (χ2v) is 11.9. The molecule has 0 spiro atoms. The van der Waals surface area contributed by atoms with Gasteiger partial charge >= 0.3 is 0 Å². The van der Waals surface area contributed by atoms with Crippen LogP contribution < -0.4 is 9.62 Å². The number of benzene rings is 2. The second kappa shape index (κ2) is 12.3. The molecule has 2 aromatic carbocycles. The van der Waals surface area contributed by atoms with E-state index >= 15 is 0 Å². The van der Waals surface area contributed by atoms with Crippen LogP contribution in [0.15, 0.2) is 36.4 Å². The Balaban J connectivity index is 2.43. The summed E-state index contributed by atoms with van der Waals surface area (Å²) in [4.78, 5) is 27.7. The molecule has 0 fully saturated rings. The van der Waals surface area contributed by atoms with E-state index in [-0.39, 0.29) is 18.4 Å². The summed E-state index contributed by atoms with van der Waals surface area (Å²) in [5.41, 5.74) is 1.45. The topological polar surface area (TPSA) is 86.8 Å². The predicted octanol–water partition coefficient (Wildman–Crippen LogP) is 4.91. The van der Waals surface area contributed by atoms with Gasteiger partial charge in [0, 0.05) is 18.1 Å². The third kappa shape index (κ3) is 8.00. The van der Waals surface area contributed by atoms with Crippen LogP contribution in [-0.2, 0) is 26.2 Å². The summed E-state index contributed by atoms with van der Waals surface area (Å²) >= 11 is 18.4. The number of hydrogen-bond acceptors (Lipinski definition) is 4. The Hall–Kier alpha value is -2.00. The smallest absolute Gasteiger partial charge is 0.244 e. The number of carbonyl (C=O) groups excluding carboxylic acids is 2. The average molecular weight is 563 g/mol. The quantitative estimate of drug-likeness (QED) is 0.446. The van der Waals surface area contributed by atoms with Crippen LogP contribution in [0.4, 0.5) is 5.69 Å². The minimum absolute atomic E-state index is 0.0259. The van der Waals surface area contributed by atoms with E-state index in [1.807, 2.05) is 13.8 Å². The first kappa shape index (κ1) is 29.2. The molecule has 0 saturated heterocycles. The van der Waals surface area contributed by atoms with Gasteiger partial charge in [0.05, 0.1) is 22.0 Å². The van der Waals surface area contributed by atoms with Crippen LogP contribution in [0.25, 0.3) is 0 Å². The summed E-state index contributed by atoms with van der Waals surface area (Å²) in [6, 6.07) is 8.86. The number of nitrogens with zero attached hydrogens (tertiary/aromatic N) is 2. The Morgan fingerprint density at radius 3 is 2.23 bits per heavy atom. The minimum atomic E-state index is -3.85. The van der Waals surface area contributed by atoms with Crippen molar-refractivity contribution >= 4 is 62.3 Å². The maximum absolute atomic E-state index is 13.6. The van der Waals surface area contributed by atoms with Crippen molar-refractivity contribution in [3.8, 4) is 0 Å². The van der Waals surface area contributed by atoms with Crippen LogP contribution in [-0.4, -0.2) is 50.5 Å². The molecule has 192 valence electrons. The number of nitrogens with one attached hydrogen (secondary N) is 1. The van der Waals surface area contributed by atoms with Gasteiger partial charge in [0.1, 0.15) is 12.6 Å². The van der Waals surface area contributed by atoms with E-state index in [9.17, 15) is 18.0 Å². The minimum Gasteiger partial charge on any atom is -0.354 e. The fourth-order valence-corrected chi connectivity index (χ4v) is 4.72. The molecule has 1 atom stereocenters. The van der Waals surface area contributed by atoms with Gasteiger partial charge in [0.2, 0.25) is 21.8 Å². The van der Waals surface area contributed by atoms with Crippen molar-refractivity contribution in [2.24, 2.45) is 5.92 Å². The number of sulfonamides is 1. The SMILES string of the molecule is Cc1c(Cl)cccc1N(CC(=O)N(Cc1ccc(Cl)c(Cl)c1)[C@@H](C)C(=O)NCC(C)C)S(C)(=O)=O.